The second-order valence-electron chi connectivity index (χ2n) is 10.3. The molecule has 6 aromatic rings. The fourth-order valence-corrected chi connectivity index (χ4v) is 5.35. The lowest BCUT2D eigenvalue weighted by atomic mass is 10.0. The molecule has 0 aliphatic rings. The second kappa shape index (κ2) is 10.9. The van der Waals surface area contributed by atoms with Crippen molar-refractivity contribution in [2.75, 3.05) is 12.8 Å². The zero-order valence-corrected chi connectivity index (χ0v) is 23.8. The summed E-state index contributed by atoms with van der Waals surface area (Å²) in [5, 5.41) is 12.7. The maximum Gasteiger partial charge on any atom is 0.181 e. The highest BCUT2D eigenvalue weighted by Crippen LogP contribution is 2.34. The number of hydrogen-bond donors (Lipinski definition) is 4. The van der Waals surface area contributed by atoms with Crippen molar-refractivity contribution in [2.24, 2.45) is 0 Å². The van der Waals surface area contributed by atoms with E-state index in [0.29, 0.717) is 23.4 Å². The van der Waals surface area contributed by atoms with Crippen LogP contribution in [0.15, 0.2) is 67.3 Å². The highest BCUT2D eigenvalue weighted by molar-refractivity contribution is 8.25. The van der Waals surface area contributed by atoms with Crippen molar-refractivity contribution in [1.29, 1.82) is 0 Å². The van der Waals surface area contributed by atoms with Crippen LogP contribution in [0, 0.1) is 5.82 Å². The minimum Gasteiger partial charge on any atom is -0.353 e. The van der Waals surface area contributed by atoms with Crippen LogP contribution in [0.25, 0.3) is 55.7 Å². The molecule has 0 saturated heterocycles. The van der Waals surface area contributed by atoms with Gasteiger partial charge in [-0.2, -0.15) is 14.5 Å². The number of fused-ring (bicyclic) bond motifs is 2. The molecule has 0 bridgehead atoms. The molecule has 0 atom stereocenters. The lowest BCUT2D eigenvalue weighted by molar-refractivity contribution is 0.625. The number of halogens is 1. The smallest absolute Gasteiger partial charge is 0.181 e. The SMILES string of the molecule is C=S(=C)(C)NCc1cc(F)cc(-c2nccc3[nH]c(-c4[nH]nc5ncc(-c6cncc(CNCC)c6)cc45)cc23)c1. The van der Waals surface area contributed by atoms with Gasteiger partial charge in [-0.05, 0) is 66.4 Å². The summed E-state index contributed by atoms with van der Waals surface area (Å²) in [6.45, 7) is 4.20. The Morgan fingerprint density at radius 2 is 1.73 bits per heavy atom. The summed E-state index contributed by atoms with van der Waals surface area (Å²) in [6, 6.07) is 13.1. The van der Waals surface area contributed by atoms with Crippen LogP contribution >= 0.6 is 9.39 Å². The van der Waals surface area contributed by atoms with Crippen LogP contribution in [0.3, 0.4) is 0 Å². The third kappa shape index (κ3) is 5.76. The van der Waals surface area contributed by atoms with Gasteiger partial charge >= 0.3 is 0 Å². The lowest BCUT2D eigenvalue weighted by Gasteiger charge is -2.12. The predicted octanol–water partition coefficient (Wildman–Crippen LogP) is 5.78. The van der Waals surface area contributed by atoms with Crippen LogP contribution < -0.4 is 10.0 Å². The van der Waals surface area contributed by atoms with Gasteiger partial charge in [-0.1, -0.05) is 18.7 Å². The molecule has 0 radical (unpaired) electrons. The summed E-state index contributed by atoms with van der Waals surface area (Å²) >= 11 is 0. The van der Waals surface area contributed by atoms with Gasteiger partial charge in [0.1, 0.15) is 5.82 Å². The van der Waals surface area contributed by atoms with Crippen LogP contribution in [-0.2, 0) is 13.1 Å². The first-order valence-electron chi connectivity index (χ1n) is 13.2. The molecule has 0 aliphatic carbocycles. The number of aromatic nitrogens is 6. The van der Waals surface area contributed by atoms with E-state index in [4.69, 9.17) is 0 Å². The number of H-pyrrole nitrogens is 2. The largest absolute Gasteiger partial charge is 0.353 e. The Bertz CT molecular complexity index is 1990. The van der Waals surface area contributed by atoms with Gasteiger partial charge in [-0.3, -0.25) is 19.8 Å². The average Bonchev–Trinajstić information content (AvgIpc) is 3.58. The van der Waals surface area contributed by atoms with E-state index in [2.05, 4.69) is 71.0 Å². The van der Waals surface area contributed by atoms with Gasteiger partial charge in [0, 0.05) is 70.9 Å². The van der Waals surface area contributed by atoms with Crippen LogP contribution in [0.4, 0.5) is 4.39 Å². The quantitative estimate of drug-likeness (QED) is 0.165. The molecule has 0 spiro atoms. The van der Waals surface area contributed by atoms with Gasteiger partial charge in [0.15, 0.2) is 5.65 Å². The number of aromatic amines is 2. The summed E-state index contributed by atoms with van der Waals surface area (Å²) < 4.78 is 18.0. The molecule has 41 heavy (non-hydrogen) atoms. The van der Waals surface area contributed by atoms with Crippen LogP contribution in [0.5, 0.6) is 0 Å². The van der Waals surface area contributed by atoms with Crippen molar-refractivity contribution in [1.82, 2.24) is 40.2 Å². The van der Waals surface area contributed by atoms with E-state index in [9.17, 15) is 4.39 Å². The normalized spacial score (nSPS) is 12.0. The molecular formula is C31H31FN8S. The van der Waals surface area contributed by atoms with E-state index in [0.717, 1.165) is 63.0 Å². The van der Waals surface area contributed by atoms with E-state index in [1.165, 1.54) is 12.1 Å². The molecule has 6 rings (SSSR count). The van der Waals surface area contributed by atoms with Crippen LogP contribution in [0.2, 0.25) is 0 Å². The van der Waals surface area contributed by atoms with Crippen LogP contribution in [0.1, 0.15) is 18.1 Å². The molecule has 0 amide bonds. The molecule has 0 saturated carbocycles. The molecule has 4 N–H and O–H groups in total. The van der Waals surface area contributed by atoms with Gasteiger partial charge in [-0.15, -0.1) is 0 Å². The van der Waals surface area contributed by atoms with Crippen molar-refractivity contribution in [3.63, 3.8) is 0 Å². The first-order chi connectivity index (χ1) is 19.8. The number of nitrogens with one attached hydrogen (secondary N) is 4. The fourth-order valence-electron chi connectivity index (χ4n) is 4.84. The van der Waals surface area contributed by atoms with Crippen molar-refractivity contribution in [3.8, 4) is 33.8 Å². The summed E-state index contributed by atoms with van der Waals surface area (Å²) in [4.78, 5) is 17.1. The number of hydrogen-bond acceptors (Lipinski definition) is 6. The van der Waals surface area contributed by atoms with E-state index in [1.54, 1.807) is 6.20 Å². The number of nitrogens with zero attached hydrogens (tertiary/aromatic N) is 4. The summed E-state index contributed by atoms with van der Waals surface area (Å²) in [5.41, 5.74) is 8.39. The highest BCUT2D eigenvalue weighted by Gasteiger charge is 2.16. The average molecular weight is 567 g/mol. The molecule has 0 unspecified atom stereocenters. The fraction of sp³-hybridized carbons (Fsp3) is 0.161. The summed E-state index contributed by atoms with van der Waals surface area (Å²) in [5.74, 6) is 7.78. The predicted molar refractivity (Wildman–Crippen MR) is 170 cm³/mol. The molecule has 1 aromatic carbocycles. The molecule has 5 heterocycles. The van der Waals surface area contributed by atoms with E-state index < -0.39 is 9.39 Å². The minimum atomic E-state index is -1.43. The van der Waals surface area contributed by atoms with Crippen molar-refractivity contribution >= 4 is 43.1 Å². The Morgan fingerprint density at radius 3 is 2.56 bits per heavy atom. The molecular weight excluding hydrogens is 535 g/mol. The zero-order chi connectivity index (χ0) is 28.6. The number of pyridine rings is 3. The first kappa shape index (κ1) is 26.8. The van der Waals surface area contributed by atoms with Crippen LogP contribution in [-0.4, -0.2) is 54.7 Å². The maximum absolute atomic E-state index is 14.7. The van der Waals surface area contributed by atoms with E-state index in [-0.39, 0.29) is 5.82 Å². The molecule has 10 heteroatoms. The number of rotatable bonds is 9. The maximum atomic E-state index is 14.7. The van der Waals surface area contributed by atoms with Crippen molar-refractivity contribution in [2.45, 2.75) is 20.0 Å². The minimum absolute atomic E-state index is 0.319. The Hall–Kier alpha value is -4.38. The first-order valence-corrected chi connectivity index (χ1v) is 15.6. The zero-order valence-electron chi connectivity index (χ0n) is 23.0. The summed E-state index contributed by atoms with van der Waals surface area (Å²) in [7, 11) is -1.43. The Balaban J connectivity index is 1.39. The third-order valence-corrected chi connectivity index (χ3v) is 7.63. The Kier molecular flexibility index (Phi) is 7.12. The van der Waals surface area contributed by atoms with Gasteiger partial charge < -0.3 is 10.3 Å². The van der Waals surface area contributed by atoms with Gasteiger partial charge in [0.2, 0.25) is 0 Å². The number of benzene rings is 1. The van der Waals surface area contributed by atoms with E-state index in [1.807, 2.05) is 43.0 Å². The standard InChI is InChI=1S/C31H31FN8S/c1-5-33-14-20-9-22(17-34-15-20)23-12-26-30(39-40-31(26)36-18-23)28-13-25-27(38-28)6-7-35-29(25)21-8-19(10-24(32)11-21)16-37-41(2,3)4/h6-13,15,17-18,33,37-38H,2-3,5,14,16H2,1,4H3,(H,36,39,40). The van der Waals surface area contributed by atoms with Gasteiger partial charge in [-0.25, -0.2) is 9.37 Å². The van der Waals surface area contributed by atoms with Gasteiger partial charge in [0.25, 0.3) is 0 Å². The third-order valence-electron chi connectivity index (χ3n) is 6.79. The molecule has 208 valence electrons. The molecule has 8 nitrogen and oxygen atoms in total. The summed E-state index contributed by atoms with van der Waals surface area (Å²) in [6.07, 6.45) is 9.21. The Morgan fingerprint density at radius 1 is 0.902 bits per heavy atom. The van der Waals surface area contributed by atoms with Crippen molar-refractivity contribution < 1.29 is 4.39 Å². The molecule has 0 fully saturated rings. The molecule has 5 aromatic heterocycles. The van der Waals surface area contributed by atoms with Crippen molar-refractivity contribution in [3.05, 3.63) is 84.2 Å². The molecule has 0 aliphatic heterocycles. The lowest BCUT2D eigenvalue weighted by Crippen LogP contribution is -2.11. The monoisotopic (exact) mass is 566 g/mol. The topological polar surface area (TPSA) is 107 Å². The van der Waals surface area contributed by atoms with E-state index >= 15 is 0 Å². The highest BCUT2D eigenvalue weighted by atomic mass is 32.2. The van der Waals surface area contributed by atoms with Gasteiger partial charge in [0.05, 0.1) is 17.1 Å². The Labute approximate surface area is 238 Å². The second-order valence-corrected chi connectivity index (χ2v) is 13.1.